The monoisotopic (exact) mass is 411 g/mol. The Labute approximate surface area is 172 Å². The number of phenols is 1. The number of hydrogen-bond acceptors (Lipinski definition) is 8. The van der Waals surface area contributed by atoms with Gasteiger partial charge in [0.05, 0.1) is 34.7 Å². The fourth-order valence-electron chi connectivity index (χ4n) is 3.16. The molecule has 1 unspecified atom stereocenters. The van der Waals surface area contributed by atoms with E-state index in [1.54, 1.807) is 19.1 Å². The number of nitrogens with zero attached hydrogens (tertiary/aromatic N) is 3. The van der Waals surface area contributed by atoms with Crippen LogP contribution in [0.4, 0.5) is 11.4 Å². The smallest absolute Gasteiger partial charge is 0.323 e. The molecule has 0 saturated heterocycles. The van der Waals surface area contributed by atoms with Crippen LogP contribution < -0.4 is 15.6 Å². The van der Waals surface area contributed by atoms with E-state index >= 15 is 0 Å². The topological polar surface area (TPSA) is 138 Å². The lowest BCUT2D eigenvalue weighted by Gasteiger charge is -2.19. The number of aromatic hydroxyl groups is 1. The molecule has 0 saturated carbocycles. The van der Waals surface area contributed by atoms with Crippen molar-refractivity contribution in [1.29, 1.82) is 0 Å². The molecule has 2 aromatic carbocycles. The first-order valence-corrected chi connectivity index (χ1v) is 9.13. The third kappa shape index (κ3) is 4.22. The molecule has 10 nitrogen and oxygen atoms in total. The molecular weight excluding hydrogens is 390 g/mol. The molecule has 3 rings (SSSR count). The molecule has 0 spiro atoms. The Hall–Kier alpha value is -3.95. The predicted octanol–water partition coefficient (Wildman–Crippen LogP) is 3.01. The van der Waals surface area contributed by atoms with Crippen LogP contribution in [-0.2, 0) is 4.79 Å². The van der Waals surface area contributed by atoms with Gasteiger partial charge in [0.25, 0.3) is 0 Å². The number of hydrogen-bond donors (Lipinski definition) is 3. The van der Waals surface area contributed by atoms with Crippen LogP contribution >= 0.6 is 0 Å². The number of nitro groups is 1. The van der Waals surface area contributed by atoms with Crippen LogP contribution in [0.3, 0.4) is 0 Å². The average molecular weight is 411 g/mol. The molecular formula is C20H21N5O5. The van der Waals surface area contributed by atoms with Gasteiger partial charge >= 0.3 is 5.69 Å². The number of carbonyl (C=O) groups excluding carboxylic acids is 1. The van der Waals surface area contributed by atoms with Crippen LogP contribution in [0, 0.1) is 16.0 Å². The Morgan fingerprint density at radius 2 is 2.03 bits per heavy atom. The highest BCUT2D eigenvalue weighted by Gasteiger charge is 2.26. The summed E-state index contributed by atoms with van der Waals surface area (Å²) in [5, 5.41) is 29.6. The van der Waals surface area contributed by atoms with Gasteiger partial charge in [0.15, 0.2) is 5.75 Å². The summed E-state index contributed by atoms with van der Waals surface area (Å²) in [7, 11) is 1.25. The molecule has 0 radical (unpaired) electrons. The van der Waals surface area contributed by atoms with Crippen molar-refractivity contribution in [1.82, 2.24) is 5.43 Å². The van der Waals surface area contributed by atoms with E-state index in [9.17, 15) is 20.0 Å². The first-order chi connectivity index (χ1) is 14.3. The lowest BCUT2D eigenvalue weighted by molar-refractivity contribution is -0.386. The third-order valence-electron chi connectivity index (χ3n) is 4.68. The van der Waals surface area contributed by atoms with E-state index in [0.717, 1.165) is 11.3 Å². The van der Waals surface area contributed by atoms with Gasteiger partial charge in [-0.1, -0.05) is 19.1 Å². The second-order valence-electron chi connectivity index (χ2n) is 6.79. The van der Waals surface area contributed by atoms with Gasteiger partial charge in [-0.05, 0) is 36.8 Å². The fraction of sp³-hybridized carbons (Fsp3) is 0.250. The van der Waals surface area contributed by atoms with E-state index in [-0.39, 0.29) is 34.6 Å². The lowest BCUT2D eigenvalue weighted by Crippen LogP contribution is -2.31. The molecule has 156 valence electrons. The first kappa shape index (κ1) is 20.8. The SMILES string of the molecule is COc1c(O)ccc(C(C)=NNc2ccc(C3=NNC(=O)CC3C)cc2)c1[N+](=O)[O-]. The summed E-state index contributed by atoms with van der Waals surface area (Å²) in [5.41, 5.74) is 7.91. The van der Waals surface area contributed by atoms with E-state index in [2.05, 4.69) is 21.1 Å². The Morgan fingerprint density at radius 3 is 2.63 bits per heavy atom. The van der Waals surface area contributed by atoms with Gasteiger partial charge < -0.3 is 9.84 Å². The van der Waals surface area contributed by atoms with Gasteiger partial charge in [-0.3, -0.25) is 20.3 Å². The largest absolute Gasteiger partial charge is 0.504 e. The van der Waals surface area contributed by atoms with Crippen molar-refractivity contribution in [2.75, 3.05) is 12.5 Å². The van der Waals surface area contributed by atoms with E-state index < -0.39 is 4.92 Å². The highest BCUT2D eigenvalue weighted by atomic mass is 16.6. The molecule has 3 N–H and O–H groups in total. The highest BCUT2D eigenvalue weighted by Crippen LogP contribution is 2.39. The van der Waals surface area contributed by atoms with Crippen LogP contribution in [0.25, 0.3) is 0 Å². The summed E-state index contributed by atoms with van der Waals surface area (Å²) in [6.45, 7) is 3.55. The highest BCUT2D eigenvalue weighted by molar-refractivity contribution is 6.06. The summed E-state index contributed by atoms with van der Waals surface area (Å²) in [4.78, 5) is 22.2. The van der Waals surface area contributed by atoms with Crippen LogP contribution in [0.15, 0.2) is 46.6 Å². The number of nitrogens with one attached hydrogen (secondary N) is 2. The minimum atomic E-state index is -0.619. The normalized spacial score (nSPS) is 16.5. The molecule has 1 heterocycles. The summed E-state index contributed by atoms with van der Waals surface area (Å²) < 4.78 is 4.97. The van der Waals surface area contributed by atoms with Crippen molar-refractivity contribution in [3.8, 4) is 11.5 Å². The van der Waals surface area contributed by atoms with Gasteiger partial charge in [-0.15, -0.1) is 0 Å². The number of hydrazone groups is 2. The number of phenolic OH excluding ortho intramolecular Hbond substituents is 1. The zero-order valence-electron chi connectivity index (χ0n) is 16.7. The van der Waals surface area contributed by atoms with Crippen molar-refractivity contribution in [2.24, 2.45) is 16.1 Å². The van der Waals surface area contributed by atoms with E-state index in [1.165, 1.54) is 19.2 Å². The van der Waals surface area contributed by atoms with Crippen molar-refractivity contribution < 1.29 is 19.6 Å². The van der Waals surface area contributed by atoms with E-state index in [4.69, 9.17) is 4.74 Å². The van der Waals surface area contributed by atoms with Crippen molar-refractivity contribution in [3.63, 3.8) is 0 Å². The summed E-state index contributed by atoms with van der Waals surface area (Å²) in [6, 6.07) is 10.0. The molecule has 30 heavy (non-hydrogen) atoms. The van der Waals surface area contributed by atoms with E-state index in [1.807, 2.05) is 19.1 Å². The minimum absolute atomic E-state index is 0.0165. The number of ether oxygens (including phenoxy) is 1. The lowest BCUT2D eigenvalue weighted by atomic mass is 9.94. The van der Waals surface area contributed by atoms with Gasteiger partial charge in [-0.2, -0.15) is 10.2 Å². The van der Waals surface area contributed by atoms with Crippen LogP contribution in [0.5, 0.6) is 11.5 Å². The molecule has 2 aromatic rings. The van der Waals surface area contributed by atoms with Gasteiger partial charge in [0.1, 0.15) is 0 Å². The van der Waals surface area contributed by atoms with Crippen LogP contribution in [-0.4, -0.2) is 34.5 Å². The van der Waals surface area contributed by atoms with Crippen molar-refractivity contribution in [2.45, 2.75) is 20.3 Å². The number of carbonyl (C=O) groups is 1. The Bertz CT molecular complexity index is 1050. The number of methoxy groups -OCH3 is 1. The predicted molar refractivity (Wildman–Crippen MR) is 112 cm³/mol. The molecule has 1 aliphatic heterocycles. The average Bonchev–Trinajstić information content (AvgIpc) is 2.72. The molecule has 1 amide bonds. The quantitative estimate of drug-likeness (QED) is 0.379. The van der Waals surface area contributed by atoms with Gasteiger partial charge in [-0.25, -0.2) is 5.43 Å². The molecule has 0 aliphatic carbocycles. The summed E-state index contributed by atoms with van der Waals surface area (Å²) >= 11 is 0. The number of rotatable bonds is 6. The minimum Gasteiger partial charge on any atom is -0.504 e. The second-order valence-corrected chi connectivity index (χ2v) is 6.79. The molecule has 0 fully saturated rings. The second kappa shape index (κ2) is 8.60. The van der Waals surface area contributed by atoms with Gasteiger partial charge in [0.2, 0.25) is 11.7 Å². The van der Waals surface area contributed by atoms with E-state index in [0.29, 0.717) is 17.8 Å². The number of benzene rings is 2. The Morgan fingerprint density at radius 1 is 1.33 bits per heavy atom. The van der Waals surface area contributed by atoms with Gasteiger partial charge in [0, 0.05) is 12.3 Å². The van der Waals surface area contributed by atoms with Crippen LogP contribution in [0.2, 0.25) is 0 Å². The molecule has 0 bridgehead atoms. The summed E-state index contributed by atoms with van der Waals surface area (Å²) in [5.74, 6) is -0.622. The Kier molecular flexibility index (Phi) is 5.95. The standard InChI is InChI=1S/C20H21N5O5/c1-11-10-17(27)23-24-18(11)13-4-6-14(7-5-13)22-21-12(2)15-8-9-16(26)20(30-3)19(15)25(28)29/h4-9,11,22,26H,10H2,1-3H3,(H,23,27). The number of nitro benzene ring substituents is 1. The first-order valence-electron chi connectivity index (χ1n) is 9.13. The zero-order valence-corrected chi connectivity index (χ0v) is 16.7. The maximum Gasteiger partial charge on any atom is 0.323 e. The molecule has 0 aromatic heterocycles. The van der Waals surface area contributed by atoms with Crippen LogP contribution in [0.1, 0.15) is 31.4 Å². The third-order valence-corrected chi connectivity index (χ3v) is 4.68. The fourth-order valence-corrected chi connectivity index (χ4v) is 3.16. The number of amides is 1. The van der Waals surface area contributed by atoms with Crippen molar-refractivity contribution >= 4 is 28.7 Å². The maximum atomic E-state index is 11.5. The number of anilines is 1. The molecule has 10 heteroatoms. The Balaban J connectivity index is 1.81. The van der Waals surface area contributed by atoms with Crippen molar-refractivity contribution in [3.05, 3.63) is 57.6 Å². The zero-order chi connectivity index (χ0) is 21.8. The molecule has 1 atom stereocenters. The summed E-state index contributed by atoms with van der Waals surface area (Å²) in [6.07, 6.45) is 0.386. The molecule has 1 aliphatic rings. The maximum absolute atomic E-state index is 11.5.